The number of pyridine rings is 1. The van der Waals surface area contributed by atoms with E-state index in [9.17, 15) is 9.59 Å². The van der Waals surface area contributed by atoms with E-state index in [0.29, 0.717) is 23.6 Å². The minimum Gasteiger partial charge on any atom is -0.450 e. The van der Waals surface area contributed by atoms with Crippen LogP contribution in [0.1, 0.15) is 23.0 Å². The fourth-order valence-electron chi connectivity index (χ4n) is 2.48. The highest BCUT2D eigenvalue weighted by Crippen LogP contribution is 2.18. The molecule has 0 atom stereocenters. The molecule has 2 amide bonds. The zero-order valence-electron chi connectivity index (χ0n) is 14.5. The van der Waals surface area contributed by atoms with Gasteiger partial charge in [0.15, 0.2) is 0 Å². The van der Waals surface area contributed by atoms with Gasteiger partial charge in [0.2, 0.25) is 0 Å². The first-order chi connectivity index (χ1) is 12.6. The molecule has 0 radical (unpaired) electrons. The van der Waals surface area contributed by atoms with Gasteiger partial charge in [-0.15, -0.1) is 0 Å². The minimum atomic E-state index is -0.521. The van der Waals surface area contributed by atoms with Crippen molar-refractivity contribution in [3.8, 4) is 0 Å². The number of rotatable bonds is 5. The molecule has 2 heterocycles. The van der Waals surface area contributed by atoms with E-state index in [-0.39, 0.29) is 12.5 Å². The number of alkyl carbamates (subject to hydrolysis) is 1. The number of imidazole rings is 1. The number of carbonyl (C=O) groups excluding carboxylic acids is 2. The van der Waals surface area contributed by atoms with Crippen molar-refractivity contribution in [1.29, 1.82) is 0 Å². The Morgan fingerprint density at radius 1 is 1.19 bits per heavy atom. The van der Waals surface area contributed by atoms with Gasteiger partial charge < -0.3 is 19.9 Å². The van der Waals surface area contributed by atoms with Crippen LogP contribution in [0.4, 0.5) is 10.5 Å². The number of anilines is 1. The third-order valence-corrected chi connectivity index (χ3v) is 3.75. The van der Waals surface area contributed by atoms with E-state index in [0.717, 1.165) is 11.0 Å². The normalized spacial score (nSPS) is 10.5. The van der Waals surface area contributed by atoms with Gasteiger partial charge in [-0.1, -0.05) is 0 Å². The minimum absolute atomic E-state index is 0.180. The molecule has 2 aromatic heterocycles. The fourth-order valence-corrected chi connectivity index (χ4v) is 2.48. The summed E-state index contributed by atoms with van der Waals surface area (Å²) >= 11 is 0. The number of ether oxygens (including phenoxy) is 1. The quantitative estimate of drug-likeness (QED) is 0.734. The lowest BCUT2D eigenvalue weighted by Gasteiger charge is -2.08. The first-order valence-corrected chi connectivity index (χ1v) is 8.15. The van der Waals surface area contributed by atoms with Gasteiger partial charge in [-0.3, -0.25) is 9.78 Å². The second-order valence-electron chi connectivity index (χ2n) is 5.62. The van der Waals surface area contributed by atoms with Crippen LogP contribution in [0.15, 0.2) is 42.9 Å². The monoisotopic (exact) mass is 353 g/mol. The summed E-state index contributed by atoms with van der Waals surface area (Å²) in [6.07, 6.45) is 2.73. The van der Waals surface area contributed by atoms with Crippen molar-refractivity contribution in [1.82, 2.24) is 19.9 Å². The van der Waals surface area contributed by atoms with E-state index < -0.39 is 6.09 Å². The summed E-state index contributed by atoms with van der Waals surface area (Å²) < 4.78 is 6.70. The fraction of sp³-hybridized carbons (Fsp3) is 0.222. The molecule has 3 aromatic rings. The summed E-state index contributed by atoms with van der Waals surface area (Å²) in [6.45, 7) is 2.20. The number of aryl methyl sites for hydroxylation is 1. The van der Waals surface area contributed by atoms with Crippen molar-refractivity contribution in [3.05, 3.63) is 54.1 Å². The highest BCUT2D eigenvalue weighted by atomic mass is 16.5. The summed E-state index contributed by atoms with van der Waals surface area (Å²) in [5, 5.41) is 5.42. The predicted octanol–water partition coefficient (Wildman–Crippen LogP) is 2.47. The molecule has 3 rings (SSSR count). The van der Waals surface area contributed by atoms with Crippen molar-refractivity contribution in [2.24, 2.45) is 7.05 Å². The van der Waals surface area contributed by atoms with Crippen LogP contribution in [0.3, 0.4) is 0 Å². The van der Waals surface area contributed by atoms with Crippen molar-refractivity contribution < 1.29 is 14.3 Å². The van der Waals surface area contributed by atoms with Crippen LogP contribution in [0, 0.1) is 0 Å². The molecule has 0 unspecified atom stereocenters. The number of nitrogens with one attached hydrogen (secondary N) is 2. The lowest BCUT2D eigenvalue weighted by atomic mass is 10.2. The smallest absolute Gasteiger partial charge is 0.407 e. The van der Waals surface area contributed by atoms with Crippen LogP contribution < -0.4 is 10.6 Å². The van der Waals surface area contributed by atoms with Gasteiger partial charge in [-0.2, -0.15) is 0 Å². The second kappa shape index (κ2) is 7.64. The molecular weight excluding hydrogens is 334 g/mol. The maximum atomic E-state index is 12.5. The van der Waals surface area contributed by atoms with E-state index in [2.05, 4.69) is 20.6 Å². The van der Waals surface area contributed by atoms with E-state index in [1.165, 1.54) is 6.20 Å². The van der Waals surface area contributed by atoms with Gasteiger partial charge in [-0.05, 0) is 37.3 Å². The molecule has 8 heteroatoms. The molecule has 0 bridgehead atoms. The van der Waals surface area contributed by atoms with Crippen molar-refractivity contribution in [2.45, 2.75) is 13.5 Å². The number of hydrogen-bond acceptors (Lipinski definition) is 5. The van der Waals surface area contributed by atoms with Gasteiger partial charge in [-0.25, -0.2) is 9.78 Å². The zero-order chi connectivity index (χ0) is 18.5. The van der Waals surface area contributed by atoms with Gasteiger partial charge in [0.1, 0.15) is 0 Å². The maximum Gasteiger partial charge on any atom is 0.407 e. The van der Waals surface area contributed by atoms with Crippen LogP contribution in [-0.2, 0) is 18.3 Å². The molecule has 1 aromatic carbocycles. The highest BCUT2D eigenvalue weighted by molar-refractivity contribution is 6.05. The molecule has 0 aliphatic rings. The summed E-state index contributed by atoms with van der Waals surface area (Å²) in [4.78, 5) is 32.2. The number of amides is 2. The predicted molar refractivity (Wildman–Crippen MR) is 96.8 cm³/mol. The number of hydrogen-bond donors (Lipinski definition) is 2. The standard InChI is InChI=1S/C18H19N5O3/c1-3-26-18(25)20-10-14-8-12(6-7-19-14)17(24)22-13-4-5-16-15(9-13)21-11-23(16)2/h4-9,11H,3,10H2,1-2H3,(H,20,25)(H,22,24). The summed E-state index contributed by atoms with van der Waals surface area (Å²) in [5.41, 5.74) is 3.45. The highest BCUT2D eigenvalue weighted by Gasteiger charge is 2.10. The first-order valence-electron chi connectivity index (χ1n) is 8.15. The molecule has 0 aliphatic carbocycles. The van der Waals surface area contributed by atoms with Crippen molar-refractivity contribution in [3.63, 3.8) is 0 Å². The van der Waals surface area contributed by atoms with Crippen LogP contribution >= 0.6 is 0 Å². The number of aromatic nitrogens is 3. The molecule has 2 N–H and O–H groups in total. The summed E-state index contributed by atoms with van der Waals surface area (Å²) in [7, 11) is 1.91. The van der Waals surface area contributed by atoms with Crippen molar-refractivity contribution >= 4 is 28.7 Å². The van der Waals surface area contributed by atoms with Crippen LogP contribution in [-0.4, -0.2) is 33.1 Å². The molecule has 26 heavy (non-hydrogen) atoms. The summed E-state index contributed by atoms with van der Waals surface area (Å²) in [6, 6.07) is 8.78. The first kappa shape index (κ1) is 17.4. The number of nitrogens with zero attached hydrogens (tertiary/aromatic N) is 3. The van der Waals surface area contributed by atoms with Gasteiger partial charge in [0.05, 0.1) is 36.2 Å². The van der Waals surface area contributed by atoms with Crippen molar-refractivity contribution in [2.75, 3.05) is 11.9 Å². The second-order valence-corrected chi connectivity index (χ2v) is 5.62. The molecule has 0 aliphatic heterocycles. The Kier molecular flexibility index (Phi) is 5.12. The Bertz CT molecular complexity index is 951. The Morgan fingerprint density at radius 3 is 2.85 bits per heavy atom. The van der Waals surface area contributed by atoms with Crippen LogP contribution in [0.5, 0.6) is 0 Å². The molecule has 134 valence electrons. The van der Waals surface area contributed by atoms with Gasteiger partial charge in [0, 0.05) is 24.5 Å². The Balaban J connectivity index is 1.68. The molecule has 0 saturated heterocycles. The lowest BCUT2D eigenvalue weighted by Crippen LogP contribution is -2.24. The third kappa shape index (κ3) is 3.97. The van der Waals surface area contributed by atoms with Gasteiger partial charge >= 0.3 is 6.09 Å². The Hall–Kier alpha value is -3.42. The zero-order valence-corrected chi connectivity index (χ0v) is 14.5. The number of fused-ring (bicyclic) bond motifs is 1. The van der Waals surface area contributed by atoms with Gasteiger partial charge in [0.25, 0.3) is 5.91 Å². The van der Waals surface area contributed by atoms with Crippen LogP contribution in [0.25, 0.3) is 11.0 Å². The Labute approximate surface area is 150 Å². The molecule has 8 nitrogen and oxygen atoms in total. The average molecular weight is 353 g/mol. The van der Waals surface area contributed by atoms with E-state index in [1.54, 1.807) is 25.4 Å². The molecule has 0 saturated carbocycles. The SMILES string of the molecule is CCOC(=O)NCc1cc(C(=O)Nc2ccc3c(c2)ncn3C)ccn1. The third-order valence-electron chi connectivity index (χ3n) is 3.75. The summed E-state index contributed by atoms with van der Waals surface area (Å²) in [5.74, 6) is -0.264. The van der Waals surface area contributed by atoms with E-state index in [4.69, 9.17) is 4.74 Å². The maximum absolute atomic E-state index is 12.5. The largest absolute Gasteiger partial charge is 0.450 e. The van der Waals surface area contributed by atoms with E-state index >= 15 is 0 Å². The lowest BCUT2D eigenvalue weighted by molar-refractivity contribution is 0.102. The average Bonchev–Trinajstić information content (AvgIpc) is 3.01. The van der Waals surface area contributed by atoms with Crippen LogP contribution in [0.2, 0.25) is 0 Å². The Morgan fingerprint density at radius 2 is 2.04 bits per heavy atom. The van der Waals surface area contributed by atoms with E-state index in [1.807, 2.05) is 29.8 Å². The molecular formula is C18H19N5O3. The molecule has 0 spiro atoms. The molecule has 0 fully saturated rings. The number of benzene rings is 1. The topological polar surface area (TPSA) is 98.1 Å². The number of carbonyl (C=O) groups is 2.